The van der Waals surface area contributed by atoms with E-state index < -0.39 is 0 Å². The molecule has 0 aliphatic rings. The summed E-state index contributed by atoms with van der Waals surface area (Å²) in [7, 11) is 3.27. The number of fused-ring (bicyclic) bond motifs is 1. The molecule has 0 saturated carbocycles. The van der Waals surface area contributed by atoms with Crippen molar-refractivity contribution in [2.75, 3.05) is 14.2 Å². The van der Waals surface area contributed by atoms with E-state index in [0.29, 0.717) is 0 Å². The molecule has 0 saturated heterocycles. The predicted molar refractivity (Wildman–Crippen MR) is 67.3 cm³/mol. The molecule has 0 spiro atoms. The number of nitrogens with zero attached hydrogens (tertiary/aromatic N) is 1. The van der Waals surface area contributed by atoms with E-state index >= 15 is 0 Å². The van der Waals surface area contributed by atoms with Gasteiger partial charge >= 0.3 is 0 Å². The van der Waals surface area contributed by atoms with Crippen LogP contribution >= 0.6 is 15.9 Å². The topological polar surface area (TPSA) is 31.4 Å². The summed E-state index contributed by atoms with van der Waals surface area (Å²) in [4.78, 5) is 4.47. The van der Waals surface area contributed by atoms with Gasteiger partial charge in [-0.05, 0) is 19.1 Å². The van der Waals surface area contributed by atoms with Gasteiger partial charge in [0.2, 0.25) is 0 Å². The fourth-order valence-corrected chi connectivity index (χ4v) is 2.26. The lowest BCUT2D eigenvalue weighted by Gasteiger charge is -2.09. The van der Waals surface area contributed by atoms with Crippen LogP contribution in [0.2, 0.25) is 0 Å². The molecule has 0 fully saturated rings. The predicted octanol–water partition coefficient (Wildman–Crippen LogP) is 3.32. The number of aryl methyl sites for hydroxylation is 1. The fraction of sp³-hybridized carbons (Fsp3) is 0.250. The van der Waals surface area contributed by atoms with E-state index in [0.717, 1.165) is 32.6 Å². The highest BCUT2D eigenvalue weighted by Crippen LogP contribution is 2.34. The summed E-state index contributed by atoms with van der Waals surface area (Å²) >= 11 is 3.52. The first-order chi connectivity index (χ1) is 7.65. The Morgan fingerprint density at radius 3 is 2.50 bits per heavy atom. The molecule has 2 rings (SSSR count). The second-order valence-electron chi connectivity index (χ2n) is 3.47. The minimum atomic E-state index is 0.721. The highest BCUT2D eigenvalue weighted by molar-refractivity contribution is 9.10. The third kappa shape index (κ3) is 1.85. The summed E-state index contributed by atoms with van der Waals surface area (Å²) in [5.74, 6) is 1.48. The number of ether oxygens (including phenoxy) is 2. The van der Waals surface area contributed by atoms with Crippen LogP contribution in [0.15, 0.2) is 22.7 Å². The highest BCUT2D eigenvalue weighted by Gasteiger charge is 2.09. The molecule has 0 radical (unpaired) electrons. The number of pyridine rings is 1. The second-order valence-corrected chi connectivity index (χ2v) is 4.33. The molecule has 0 aliphatic heterocycles. The van der Waals surface area contributed by atoms with E-state index in [9.17, 15) is 0 Å². The molecule has 1 heterocycles. The van der Waals surface area contributed by atoms with Crippen LogP contribution in [-0.4, -0.2) is 19.2 Å². The van der Waals surface area contributed by atoms with Crippen molar-refractivity contribution in [1.29, 1.82) is 0 Å². The third-order valence-corrected chi connectivity index (χ3v) is 3.04. The van der Waals surface area contributed by atoms with E-state index in [2.05, 4.69) is 20.9 Å². The molecule has 0 unspecified atom stereocenters. The summed E-state index contributed by atoms with van der Waals surface area (Å²) in [6.07, 6.45) is 0. The van der Waals surface area contributed by atoms with Gasteiger partial charge in [-0.15, -0.1) is 0 Å². The van der Waals surface area contributed by atoms with E-state index in [4.69, 9.17) is 9.47 Å². The molecule has 0 N–H and O–H groups in total. The molecular formula is C12H12BrNO2. The van der Waals surface area contributed by atoms with Crippen LogP contribution < -0.4 is 9.47 Å². The summed E-state index contributed by atoms with van der Waals surface area (Å²) in [5, 5.41) is 0.988. The monoisotopic (exact) mass is 281 g/mol. The van der Waals surface area contributed by atoms with Crippen LogP contribution in [0.5, 0.6) is 11.5 Å². The largest absolute Gasteiger partial charge is 0.497 e. The molecule has 0 bridgehead atoms. The molecule has 0 atom stereocenters. The maximum Gasteiger partial charge on any atom is 0.148 e. The minimum Gasteiger partial charge on any atom is -0.497 e. The van der Waals surface area contributed by atoms with Crippen molar-refractivity contribution in [2.45, 2.75) is 6.92 Å². The van der Waals surface area contributed by atoms with Gasteiger partial charge in [-0.2, -0.15) is 0 Å². The number of halogens is 1. The molecule has 1 aromatic carbocycles. The maximum atomic E-state index is 5.32. The molecule has 2 aromatic rings. The lowest BCUT2D eigenvalue weighted by molar-refractivity contribution is 0.397. The number of hydrogen-bond acceptors (Lipinski definition) is 3. The molecule has 16 heavy (non-hydrogen) atoms. The first-order valence-electron chi connectivity index (χ1n) is 4.84. The first kappa shape index (κ1) is 11.2. The Kier molecular flexibility index (Phi) is 3.01. The first-order valence-corrected chi connectivity index (χ1v) is 5.64. The van der Waals surface area contributed by atoms with Crippen molar-refractivity contribution in [1.82, 2.24) is 4.98 Å². The highest BCUT2D eigenvalue weighted by atomic mass is 79.9. The molecule has 4 heteroatoms. The summed E-state index contributed by atoms with van der Waals surface area (Å²) in [6, 6.07) is 5.75. The zero-order valence-corrected chi connectivity index (χ0v) is 11.0. The van der Waals surface area contributed by atoms with Crippen LogP contribution in [0.4, 0.5) is 0 Å². The number of rotatable bonds is 2. The van der Waals surface area contributed by atoms with E-state index in [1.807, 2.05) is 25.1 Å². The van der Waals surface area contributed by atoms with Gasteiger partial charge in [-0.3, -0.25) is 0 Å². The van der Waals surface area contributed by atoms with Crippen LogP contribution in [-0.2, 0) is 0 Å². The van der Waals surface area contributed by atoms with E-state index in [1.54, 1.807) is 14.2 Å². The van der Waals surface area contributed by atoms with Gasteiger partial charge in [0.15, 0.2) is 0 Å². The second kappa shape index (κ2) is 4.29. The normalized spacial score (nSPS) is 10.5. The fourth-order valence-electron chi connectivity index (χ4n) is 1.62. The Morgan fingerprint density at radius 2 is 1.88 bits per heavy atom. The zero-order valence-electron chi connectivity index (χ0n) is 9.37. The van der Waals surface area contributed by atoms with Gasteiger partial charge in [-0.25, -0.2) is 4.98 Å². The van der Waals surface area contributed by atoms with Gasteiger partial charge in [0.1, 0.15) is 17.0 Å². The van der Waals surface area contributed by atoms with Crippen molar-refractivity contribution in [3.63, 3.8) is 0 Å². The van der Waals surface area contributed by atoms with Gasteiger partial charge < -0.3 is 9.47 Å². The van der Waals surface area contributed by atoms with Gasteiger partial charge in [0.05, 0.1) is 14.2 Å². The number of benzene rings is 1. The number of aromatic nitrogens is 1. The maximum absolute atomic E-state index is 5.32. The average Bonchev–Trinajstić information content (AvgIpc) is 2.28. The molecule has 0 aliphatic carbocycles. The molecule has 3 nitrogen and oxygen atoms in total. The Labute approximate surface area is 103 Å². The lowest BCUT2D eigenvalue weighted by atomic mass is 10.2. The molecule has 1 aromatic heterocycles. The Hall–Kier alpha value is -1.29. The van der Waals surface area contributed by atoms with E-state index in [1.165, 1.54) is 0 Å². The molecule has 0 amide bonds. The molecule has 84 valence electrons. The zero-order chi connectivity index (χ0) is 11.7. The summed E-state index contributed by atoms with van der Waals surface area (Å²) < 4.78 is 11.5. The SMILES string of the molecule is COc1cc(OC)c2nc(C)cc(Br)c2c1. The Bertz CT molecular complexity index is 540. The quantitative estimate of drug-likeness (QED) is 0.846. The van der Waals surface area contributed by atoms with Gasteiger partial charge in [0, 0.05) is 21.6 Å². The van der Waals surface area contributed by atoms with Crippen molar-refractivity contribution in [3.05, 3.63) is 28.4 Å². The third-order valence-electron chi connectivity index (χ3n) is 2.39. The van der Waals surface area contributed by atoms with E-state index in [-0.39, 0.29) is 0 Å². The van der Waals surface area contributed by atoms with Crippen molar-refractivity contribution in [3.8, 4) is 11.5 Å². The van der Waals surface area contributed by atoms with Crippen LogP contribution in [0.3, 0.4) is 0 Å². The van der Waals surface area contributed by atoms with Crippen LogP contribution in [0, 0.1) is 6.92 Å². The smallest absolute Gasteiger partial charge is 0.148 e. The Morgan fingerprint density at radius 1 is 1.12 bits per heavy atom. The number of hydrogen-bond donors (Lipinski definition) is 0. The van der Waals surface area contributed by atoms with Crippen molar-refractivity contribution < 1.29 is 9.47 Å². The van der Waals surface area contributed by atoms with Crippen LogP contribution in [0.1, 0.15) is 5.69 Å². The molecular weight excluding hydrogens is 270 g/mol. The lowest BCUT2D eigenvalue weighted by Crippen LogP contribution is -1.92. The standard InChI is InChI=1S/C12H12BrNO2/c1-7-4-10(13)9-5-8(15-2)6-11(16-3)12(9)14-7/h4-6H,1-3H3. The minimum absolute atomic E-state index is 0.721. The van der Waals surface area contributed by atoms with Crippen LogP contribution in [0.25, 0.3) is 10.9 Å². The number of methoxy groups -OCH3 is 2. The van der Waals surface area contributed by atoms with Crippen molar-refractivity contribution >= 4 is 26.8 Å². The van der Waals surface area contributed by atoms with Gasteiger partial charge in [-0.1, -0.05) is 15.9 Å². The summed E-state index contributed by atoms with van der Waals surface area (Å²) in [5.41, 5.74) is 1.79. The van der Waals surface area contributed by atoms with Crippen molar-refractivity contribution in [2.24, 2.45) is 0 Å². The summed E-state index contributed by atoms with van der Waals surface area (Å²) in [6.45, 7) is 1.95. The Balaban J connectivity index is 2.83. The van der Waals surface area contributed by atoms with Gasteiger partial charge in [0.25, 0.3) is 0 Å². The average molecular weight is 282 g/mol.